The highest BCUT2D eigenvalue weighted by molar-refractivity contribution is 7.17. The molecule has 68 valence electrons. The molecule has 0 aliphatic rings. The molecule has 0 aliphatic carbocycles. The van der Waals surface area contributed by atoms with Gasteiger partial charge in [-0.25, -0.2) is 4.98 Å². The van der Waals surface area contributed by atoms with Crippen molar-refractivity contribution in [1.29, 1.82) is 0 Å². The first kappa shape index (κ1) is 10.0. The molecule has 0 N–H and O–H groups in total. The van der Waals surface area contributed by atoms with Crippen LogP contribution in [0.2, 0.25) is 4.34 Å². The highest BCUT2D eigenvalue weighted by Crippen LogP contribution is 2.18. The number of carbonyl (C=O) groups is 1. The van der Waals surface area contributed by atoms with Crippen LogP contribution in [0.3, 0.4) is 0 Å². The highest BCUT2D eigenvalue weighted by atomic mass is 35.5. The van der Waals surface area contributed by atoms with E-state index >= 15 is 0 Å². The van der Waals surface area contributed by atoms with Gasteiger partial charge >= 0.3 is 0 Å². The van der Waals surface area contributed by atoms with Crippen molar-refractivity contribution in [1.82, 2.24) is 9.88 Å². The van der Waals surface area contributed by atoms with Gasteiger partial charge in [-0.05, 0) is 0 Å². The second kappa shape index (κ2) is 4.26. The second-order valence-electron chi connectivity index (χ2n) is 2.33. The molecular formula is C8H7ClN2OS. The predicted molar refractivity (Wildman–Crippen MR) is 52.9 cm³/mol. The first-order valence-electron chi connectivity index (χ1n) is 3.45. The van der Waals surface area contributed by atoms with Crippen molar-refractivity contribution in [3.05, 3.63) is 15.5 Å². The number of amides is 1. The van der Waals surface area contributed by atoms with Gasteiger partial charge in [-0.1, -0.05) is 28.9 Å². The van der Waals surface area contributed by atoms with Crippen LogP contribution in [0.15, 0.2) is 6.20 Å². The minimum absolute atomic E-state index is 0.199. The van der Waals surface area contributed by atoms with Crippen molar-refractivity contribution < 1.29 is 4.79 Å². The fourth-order valence-corrected chi connectivity index (χ4v) is 1.63. The normalized spacial score (nSPS) is 9.31. The summed E-state index contributed by atoms with van der Waals surface area (Å²) in [5.74, 6) is 2.17. The summed E-state index contributed by atoms with van der Waals surface area (Å²) in [4.78, 5) is 16.7. The monoisotopic (exact) mass is 214 g/mol. The van der Waals surface area contributed by atoms with Crippen molar-refractivity contribution >= 4 is 28.8 Å². The fraction of sp³-hybridized carbons (Fsp3) is 0.250. The Balaban J connectivity index is 2.74. The standard InChI is InChI=1S/C8H7ClN2OS/c1-3-4-11(2)8(12)7-10-5-6(9)13-7/h1,5H,4H2,2H3. The quantitative estimate of drug-likeness (QED) is 0.700. The maximum atomic E-state index is 11.5. The molecule has 0 spiro atoms. The van der Waals surface area contributed by atoms with Gasteiger partial charge in [0.2, 0.25) is 0 Å². The summed E-state index contributed by atoms with van der Waals surface area (Å²) < 4.78 is 0.498. The third kappa shape index (κ3) is 2.44. The molecule has 1 aromatic rings. The van der Waals surface area contributed by atoms with Gasteiger partial charge < -0.3 is 4.90 Å². The van der Waals surface area contributed by atoms with Crippen LogP contribution < -0.4 is 0 Å². The van der Waals surface area contributed by atoms with Crippen LogP contribution in [0.4, 0.5) is 0 Å². The van der Waals surface area contributed by atoms with Crippen LogP contribution in [-0.2, 0) is 0 Å². The number of terminal acetylenes is 1. The molecule has 1 amide bonds. The van der Waals surface area contributed by atoms with Gasteiger partial charge in [-0.15, -0.1) is 6.42 Å². The topological polar surface area (TPSA) is 33.2 Å². The van der Waals surface area contributed by atoms with Crippen LogP contribution in [0.25, 0.3) is 0 Å². The van der Waals surface area contributed by atoms with E-state index in [0.29, 0.717) is 9.34 Å². The first-order chi connectivity index (χ1) is 6.15. The molecule has 0 aliphatic heterocycles. The fourth-order valence-electron chi connectivity index (χ4n) is 0.725. The first-order valence-corrected chi connectivity index (χ1v) is 4.65. The minimum Gasteiger partial charge on any atom is -0.329 e. The molecule has 0 saturated heterocycles. The summed E-state index contributed by atoms with van der Waals surface area (Å²) in [5.41, 5.74) is 0. The summed E-state index contributed by atoms with van der Waals surface area (Å²) in [6, 6.07) is 0. The van der Waals surface area contributed by atoms with Crippen molar-refractivity contribution in [3.8, 4) is 12.3 Å². The highest BCUT2D eigenvalue weighted by Gasteiger charge is 2.14. The van der Waals surface area contributed by atoms with E-state index in [1.165, 1.54) is 11.1 Å². The molecule has 5 heteroatoms. The van der Waals surface area contributed by atoms with E-state index in [2.05, 4.69) is 10.9 Å². The predicted octanol–water partition coefficient (Wildman–Crippen LogP) is 1.50. The summed E-state index contributed by atoms with van der Waals surface area (Å²) in [6.07, 6.45) is 6.51. The Morgan fingerprint density at radius 3 is 3.08 bits per heavy atom. The van der Waals surface area contributed by atoms with Crippen LogP contribution in [-0.4, -0.2) is 29.4 Å². The third-order valence-electron chi connectivity index (χ3n) is 1.34. The summed E-state index contributed by atoms with van der Waals surface area (Å²) in [6.45, 7) is 0.274. The van der Waals surface area contributed by atoms with Crippen molar-refractivity contribution in [3.63, 3.8) is 0 Å². The molecule has 0 atom stereocenters. The summed E-state index contributed by atoms with van der Waals surface area (Å²) >= 11 is 6.78. The molecule has 1 heterocycles. The minimum atomic E-state index is -0.199. The number of rotatable bonds is 2. The molecule has 0 unspecified atom stereocenters. The molecule has 0 radical (unpaired) electrons. The molecule has 0 bridgehead atoms. The molecule has 1 rings (SSSR count). The Labute approximate surface area is 85.3 Å². The SMILES string of the molecule is C#CCN(C)C(=O)c1ncc(Cl)s1. The maximum absolute atomic E-state index is 11.5. The summed E-state index contributed by atoms with van der Waals surface area (Å²) in [5, 5.41) is 0.364. The molecule has 0 saturated carbocycles. The van der Waals surface area contributed by atoms with Gasteiger partial charge in [-0.3, -0.25) is 4.79 Å². The Morgan fingerprint density at radius 2 is 2.62 bits per heavy atom. The molecule has 3 nitrogen and oxygen atoms in total. The average molecular weight is 215 g/mol. The number of aromatic nitrogens is 1. The number of hydrogen-bond acceptors (Lipinski definition) is 3. The van der Waals surface area contributed by atoms with Crippen molar-refractivity contribution in [2.75, 3.05) is 13.6 Å². The second-order valence-corrected chi connectivity index (χ2v) is 4.00. The molecule has 13 heavy (non-hydrogen) atoms. The molecule has 0 fully saturated rings. The van der Waals surface area contributed by atoms with Gasteiger partial charge in [0.15, 0.2) is 5.01 Å². The Kier molecular flexibility index (Phi) is 3.29. The maximum Gasteiger partial charge on any atom is 0.283 e. The van der Waals surface area contributed by atoms with Gasteiger partial charge in [0.25, 0.3) is 5.91 Å². The zero-order valence-electron chi connectivity index (χ0n) is 6.95. The zero-order chi connectivity index (χ0) is 9.84. The van der Waals surface area contributed by atoms with Gasteiger partial charge in [-0.2, -0.15) is 0 Å². The Morgan fingerprint density at radius 1 is 1.92 bits per heavy atom. The lowest BCUT2D eigenvalue weighted by atomic mass is 10.5. The zero-order valence-corrected chi connectivity index (χ0v) is 8.52. The van der Waals surface area contributed by atoms with E-state index in [-0.39, 0.29) is 12.5 Å². The Bertz CT molecular complexity index is 355. The smallest absolute Gasteiger partial charge is 0.283 e. The molecule has 1 aromatic heterocycles. The van der Waals surface area contributed by atoms with Gasteiger partial charge in [0.1, 0.15) is 4.34 Å². The van der Waals surface area contributed by atoms with E-state index in [9.17, 15) is 4.79 Å². The Hall–Kier alpha value is -1.05. The van der Waals surface area contributed by atoms with Crippen molar-refractivity contribution in [2.24, 2.45) is 0 Å². The van der Waals surface area contributed by atoms with E-state index in [4.69, 9.17) is 18.0 Å². The number of halogens is 1. The summed E-state index contributed by atoms with van der Waals surface area (Å²) in [7, 11) is 1.62. The lowest BCUT2D eigenvalue weighted by molar-refractivity contribution is 0.0812. The average Bonchev–Trinajstić information content (AvgIpc) is 2.51. The van der Waals surface area contributed by atoms with Crippen LogP contribution in [0.5, 0.6) is 0 Å². The lowest BCUT2D eigenvalue weighted by Crippen LogP contribution is -2.26. The van der Waals surface area contributed by atoms with Gasteiger partial charge in [0, 0.05) is 7.05 Å². The van der Waals surface area contributed by atoms with E-state index < -0.39 is 0 Å². The molecular weight excluding hydrogens is 208 g/mol. The van der Waals surface area contributed by atoms with Crippen molar-refractivity contribution in [2.45, 2.75) is 0 Å². The largest absolute Gasteiger partial charge is 0.329 e. The van der Waals surface area contributed by atoms with E-state index in [1.54, 1.807) is 7.05 Å². The van der Waals surface area contributed by atoms with Crippen LogP contribution in [0, 0.1) is 12.3 Å². The third-order valence-corrected chi connectivity index (χ3v) is 2.44. The van der Waals surface area contributed by atoms with Crippen LogP contribution in [0.1, 0.15) is 9.80 Å². The number of carbonyl (C=O) groups excluding carboxylic acids is 1. The number of thiazole rings is 1. The van der Waals surface area contributed by atoms with Crippen LogP contribution >= 0.6 is 22.9 Å². The van der Waals surface area contributed by atoms with E-state index in [1.807, 2.05) is 0 Å². The lowest BCUT2D eigenvalue weighted by Gasteiger charge is -2.10. The van der Waals surface area contributed by atoms with Gasteiger partial charge in [0.05, 0.1) is 12.7 Å². The number of hydrogen-bond donors (Lipinski definition) is 0. The number of nitrogens with zero attached hydrogens (tertiary/aromatic N) is 2. The molecule has 0 aromatic carbocycles. The van der Waals surface area contributed by atoms with E-state index in [0.717, 1.165) is 11.3 Å².